The molecule has 7 aliphatic rings. The number of β-amino-alcohol motifs (C(OH)–C–C–N with tert-alkyl or cyclic N) is 1. The van der Waals surface area contributed by atoms with Crippen LogP contribution in [0.3, 0.4) is 0 Å². The van der Waals surface area contributed by atoms with E-state index < -0.39 is 0 Å². The first-order valence-corrected chi connectivity index (χ1v) is 36.2. The van der Waals surface area contributed by atoms with Gasteiger partial charge in [-0.15, -0.1) is 0 Å². The number of hydrogen-bond acceptors (Lipinski definition) is 16. The minimum absolute atomic E-state index is 0.272. The number of aromatic nitrogens is 1. The molecule has 0 spiro atoms. The topological polar surface area (TPSA) is 113 Å². The van der Waals surface area contributed by atoms with Crippen molar-refractivity contribution in [3.05, 3.63) is 36.7 Å². The van der Waals surface area contributed by atoms with Gasteiger partial charge in [0.25, 0.3) is 0 Å². The summed E-state index contributed by atoms with van der Waals surface area (Å²) in [5, 5.41) is 8.79. The first kappa shape index (κ1) is 85.1. The highest BCUT2D eigenvalue weighted by Gasteiger charge is 2.36. The predicted octanol–water partition coefficient (Wildman–Crippen LogP) is 11.4. The number of aliphatic hydroxyl groups is 1. The summed E-state index contributed by atoms with van der Waals surface area (Å²) in [6, 6.07) is 7.68. The number of ether oxygens (including phenoxy) is 2. The van der Waals surface area contributed by atoms with Crippen LogP contribution in [-0.4, -0.2) is 293 Å². The number of nitrogens with two attached hydrogens (primary N) is 1. The van der Waals surface area contributed by atoms with Crippen molar-refractivity contribution in [2.75, 3.05) is 176 Å². The zero-order chi connectivity index (χ0) is 69.3. The van der Waals surface area contributed by atoms with E-state index in [0.717, 1.165) is 115 Å². The lowest BCUT2D eigenvalue weighted by atomic mass is 9.92. The SMILES string of the molecule is C=C(N)C1CCCN(C(C)(C)C)C1.CC(C)(C)N1CCN(CCO)CC1.CC(C)(C)N1CCN(c2ccccn2)CC1.CC1CCC(C)N1C(C)(C)C.CC1CN(C(C)(C)C)CC(C)O1.CCN1CCN(C(C)(C)C)CC1.COCCN1CCN(C(C)(C)C)CC1. The molecule has 1 aromatic heterocycles. The van der Waals surface area contributed by atoms with Crippen LogP contribution in [0.25, 0.3) is 0 Å². The zero-order valence-electron chi connectivity index (χ0n) is 65.1. The maximum absolute atomic E-state index is 8.79. The Hall–Kier alpha value is -2.03. The van der Waals surface area contributed by atoms with Crippen LogP contribution in [-0.2, 0) is 9.47 Å². The highest BCUT2D eigenvalue weighted by molar-refractivity contribution is 5.38. The lowest BCUT2D eigenvalue weighted by Crippen LogP contribution is -2.53. The number of aliphatic hydroxyl groups excluding tert-OH is 1. The van der Waals surface area contributed by atoms with E-state index in [1.807, 2.05) is 12.3 Å². The molecule has 5 unspecified atom stereocenters. The fourth-order valence-corrected chi connectivity index (χ4v) is 13.7. The molecule has 0 bridgehead atoms. The van der Waals surface area contributed by atoms with Gasteiger partial charge in [0.15, 0.2) is 0 Å². The quantitative estimate of drug-likeness (QED) is 0.257. The van der Waals surface area contributed by atoms with E-state index in [9.17, 15) is 0 Å². The monoisotopic (exact) mass is 1280 g/mol. The van der Waals surface area contributed by atoms with Crippen molar-refractivity contribution in [2.45, 2.75) is 269 Å². The highest BCUT2D eigenvalue weighted by atomic mass is 16.5. The summed E-state index contributed by atoms with van der Waals surface area (Å²) in [5.74, 6) is 1.61. The molecule has 0 aliphatic carbocycles. The maximum Gasteiger partial charge on any atom is 0.128 e. The minimum atomic E-state index is 0.272. The number of hydrogen-bond donors (Lipinski definition) is 2. The molecule has 0 amide bonds. The predicted molar refractivity (Wildman–Crippen MR) is 394 cm³/mol. The van der Waals surface area contributed by atoms with Gasteiger partial charge in [0.05, 0.1) is 25.4 Å². The Balaban J connectivity index is 0.000000363. The normalized spacial score (nSPS) is 25.1. The average molecular weight is 1290 g/mol. The molecule has 7 aliphatic heterocycles. The van der Waals surface area contributed by atoms with Gasteiger partial charge >= 0.3 is 0 Å². The zero-order valence-corrected chi connectivity index (χ0v) is 65.1. The van der Waals surface area contributed by atoms with Gasteiger partial charge < -0.3 is 30.1 Å². The van der Waals surface area contributed by atoms with E-state index in [4.69, 9.17) is 20.3 Å². The summed E-state index contributed by atoms with van der Waals surface area (Å²) in [6.45, 7) is 90.2. The lowest BCUT2D eigenvalue weighted by molar-refractivity contribution is -0.0924. The summed E-state index contributed by atoms with van der Waals surface area (Å²) < 4.78 is 10.8. The van der Waals surface area contributed by atoms with Crippen molar-refractivity contribution in [1.29, 1.82) is 0 Å². The second-order valence-corrected chi connectivity index (χ2v) is 34.4. The van der Waals surface area contributed by atoms with Crippen LogP contribution >= 0.6 is 0 Å². The van der Waals surface area contributed by atoms with Crippen molar-refractivity contribution in [2.24, 2.45) is 11.7 Å². The number of piperazine rings is 4. The average Bonchev–Trinajstić information content (AvgIpc) is 1.89. The van der Waals surface area contributed by atoms with Crippen molar-refractivity contribution in [1.82, 2.24) is 54.0 Å². The van der Waals surface area contributed by atoms with Crippen LogP contribution in [0.15, 0.2) is 36.7 Å². The molecule has 0 radical (unpaired) electrons. The summed E-state index contributed by atoms with van der Waals surface area (Å²) in [5.41, 5.74) is 8.79. The Morgan fingerprint density at radius 1 is 0.505 bits per heavy atom. The molecular formula is C75H153N13O3. The van der Waals surface area contributed by atoms with E-state index in [1.54, 1.807) is 7.11 Å². The number of rotatable bonds is 8. The van der Waals surface area contributed by atoms with Crippen LogP contribution < -0.4 is 10.6 Å². The standard InChI is InChI=1S/C13H21N3.C11H24N2O.C11H22N2.C10H22N2O.C10H22N2.C10H21NO.C10H21N/c1-13(2,3)16-10-8-15(9-11-16)12-6-4-5-7-14-12;1-11(2,3)13-7-5-12(6-8-13)9-10-14-4;1-9(12)10-6-5-7-13(8-10)11(2,3)4;1-10(2,3)12-6-4-11(5-7-12)8-9-13;1-5-11-6-8-12(9-7-11)10(2,3)4;1-8-6-11(10(3,4)5)7-9(2)12-8;1-8-6-7-9(2)11(8)10(3,4)5/h4-7H,8-11H2,1-3H3;5-10H2,1-4H3;10H,1,5-8,12H2,2-4H3;13H,4-9H2,1-3H3;5-9H2,1-4H3;8-9H,6-7H2,1-5H3;8-9H,6-7H2,1-5H3. The first-order chi connectivity index (χ1) is 41.9. The van der Waals surface area contributed by atoms with Crippen LogP contribution in [0, 0.1) is 5.92 Å². The summed E-state index contributed by atoms with van der Waals surface area (Å²) in [6.07, 6.45) is 7.84. The first-order valence-electron chi connectivity index (χ1n) is 36.2. The van der Waals surface area contributed by atoms with Gasteiger partial charge in [-0.2, -0.15) is 0 Å². The number of piperidine rings is 1. The van der Waals surface area contributed by atoms with Gasteiger partial charge in [-0.1, -0.05) is 19.6 Å². The molecule has 0 saturated carbocycles. The Labute approximate surface area is 564 Å². The third-order valence-corrected chi connectivity index (χ3v) is 19.6. The van der Waals surface area contributed by atoms with Gasteiger partial charge in [-0.25, -0.2) is 4.98 Å². The maximum atomic E-state index is 8.79. The molecule has 7 saturated heterocycles. The van der Waals surface area contributed by atoms with Crippen molar-refractivity contribution >= 4 is 5.82 Å². The third-order valence-electron chi connectivity index (χ3n) is 19.6. The van der Waals surface area contributed by atoms with E-state index in [1.165, 1.54) is 91.1 Å². The number of pyridine rings is 1. The number of nitrogens with zero attached hydrogens (tertiary/aromatic N) is 12. The van der Waals surface area contributed by atoms with Crippen molar-refractivity contribution < 1.29 is 14.6 Å². The molecule has 3 N–H and O–H groups in total. The molecule has 8 heterocycles. The molecule has 91 heavy (non-hydrogen) atoms. The number of morpholine rings is 1. The molecule has 536 valence electrons. The number of anilines is 1. The molecule has 1 aromatic rings. The van der Waals surface area contributed by atoms with Gasteiger partial charge in [-0.05, 0) is 224 Å². The molecule has 0 aromatic carbocycles. The van der Waals surface area contributed by atoms with Gasteiger partial charge in [0.1, 0.15) is 5.82 Å². The highest BCUT2D eigenvalue weighted by Crippen LogP contribution is 2.31. The van der Waals surface area contributed by atoms with Crippen LogP contribution in [0.2, 0.25) is 0 Å². The Kier molecular flexibility index (Phi) is 36.8. The van der Waals surface area contributed by atoms with E-state index in [0.29, 0.717) is 40.3 Å². The minimum Gasteiger partial charge on any atom is -0.402 e. The Morgan fingerprint density at radius 3 is 1.21 bits per heavy atom. The van der Waals surface area contributed by atoms with E-state index in [-0.39, 0.29) is 23.2 Å². The van der Waals surface area contributed by atoms with Gasteiger partial charge in [-0.3, -0.25) is 44.1 Å². The fraction of sp³-hybridized carbons (Fsp3) is 0.907. The lowest BCUT2D eigenvalue weighted by Gasteiger charge is -2.43. The van der Waals surface area contributed by atoms with Gasteiger partial charge in [0, 0.05) is 213 Å². The van der Waals surface area contributed by atoms with Crippen molar-refractivity contribution in [3.63, 3.8) is 0 Å². The molecule has 7 fully saturated rings. The number of likely N-dealkylation sites (N-methyl/N-ethyl adjacent to an activating group) is 1. The molecule has 5 atom stereocenters. The van der Waals surface area contributed by atoms with E-state index in [2.05, 4.69) is 258 Å². The van der Waals surface area contributed by atoms with Crippen molar-refractivity contribution in [3.8, 4) is 0 Å². The number of likely N-dealkylation sites (tertiary alicyclic amines) is 2. The molecule has 16 nitrogen and oxygen atoms in total. The second kappa shape index (κ2) is 39.4. The molecule has 8 rings (SSSR count). The Bertz CT molecular complexity index is 2020. The second-order valence-electron chi connectivity index (χ2n) is 34.4. The smallest absolute Gasteiger partial charge is 0.128 e. The molecular weight excluding hydrogens is 1130 g/mol. The summed E-state index contributed by atoms with van der Waals surface area (Å²) >= 11 is 0. The van der Waals surface area contributed by atoms with Gasteiger partial charge in [0.2, 0.25) is 0 Å². The summed E-state index contributed by atoms with van der Waals surface area (Å²) in [7, 11) is 1.77. The fourth-order valence-electron chi connectivity index (χ4n) is 13.7. The largest absolute Gasteiger partial charge is 0.402 e. The van der Waals surface area contributed by atoms with Crippen LogP contribution in [0.4, 0.5) is 5.82 Å². The Morgan fingerprint density at radius 2 is 0.890 bits per heavy atom. The third kappa shape index (κ3) is 33.2. The summed E-state index contributed by atoms with van der Waals surface area (Å²) in [4.78, 5) is 31.9. The van der Waals surface area contributed by atoms with E-state index >= 15 is 0 Å². The van der Waals surface area contributed by atoms with Crippen LogP contribution in [0.5, 0.6) is 0 Å². The number of methoxy groups -OCH3 is 1. The van der Waals surface area contributed by atoms with Crippen LogP contribution in [0.1, 0.15) is 206 Å². The molecule has 16 heteroatoms.